The number of nitrogens with one attached hydrogen (secondary N) is 1. The zero-order chi connectivity index (χ0) is 12.6. The van der Waals surface area contributed by atoms with Gasteiger partial charge in [-0.05, 0) is 44.4 Å². The van der Waals surface area contributed by atoms with Crippen LogP contribution < -0.4 is 5.32 Å². The first kappa shape index (κ1) is 15.3. The summed E-state index contributed by atoms with van der Waals surface area (Å²) in [6, 6.07) is 0. The maximum absolute atomic E-state index is 9.58. The van der Waals surface area contributed by atoms with Gasteiger partial charge >= 0.3 is 0 Å². The normalized spacial score (nSPS) is 28.8. The summed E-state index contributed by atoms with van der Waals surface area (Å²) in [5.74, 6) is 1.17. The van der Waals surface area contributed by atoms with Crippen molar-refractivity contribution in [3.05, 3.63) is 0 Å². The molecule has 0 amide bonds. The topological polar surface area (TPSA) is 41.5 Å². The molecule has 17 heavy (non-hydrogen) atoms. The zero-order valence-electron chi connectivity index (χ0n) is 11.2. The van der Waals surface area contributed by atoms with Gasteiger partial charge in [-0.25, -0.2) is 0 Å². The number of thioether (sulfide) groups is 1. The molecular formula is C13H27NO2S. The van der Waals surface area contributed by atoms with E-state index >= 15 is 0 Å². The summed E-state index contributed by atoms with van der Waals surface area (Å²) in [5.41, 5.74) is 0.00886. The Bertz CT molecular complexity index is 204. The lowest BCUT2D eigenvalue weighted by Crippen LogP contribution is -2.46. The summed E-state index contributed by atoms with van der Waals surface area (Å²) in [6.07, 6.45) is 5.72. The number of hydrogen-bond donors (Lipinski definition) is 2. The van der Waals surface area contributed by atoms with E-state index < -0.39 is 0 Å². The Morgan fingerprint density at radius 3 is 3.00 bits per heavy atom. The van der Waals surface area contributed by atoms with Gasteiger partial charge in [-0.15, -0.1) is 0 Å². The molecule has 1 fully saturated rings. The minimum absolute atomic E-state index is 0.00886. The first-order chi connectivity index (χ1) is 8.26. The number of aliphatic hydroxyl groups is 1. The van der Waals surface area contributed by atoms with Crippen molar-refractivity contribution in [2.45, 2.75) is 49.8 Å². The van der Waals surface area contributed by atoms with E-state index in [1.54, 1.807) is 7.11 Å². The molecule has 0 aromatic heterocycles. The van der Waals surface area contributed by atoms with E-state index in [9.17, 15) is 5.11 Å². The SMILES string of the molecule is CCCNC1(CO)CCC(SCCCOC)C1. The van der Waals surface area contributed by atoms with Gasteiger partial charge in [-0.1, -0.05) is 6.92 Å². The lowest BCUT2D eigenvalue weighted by molar-refractivity contribution is 0.165. The fourth-order valence-corrected chi connectivity index (χ4v) is 3.76. The molecule has 1 aliphatic carbocycles. The van der Waals surface area contributed by atoms with Crippen molar-refractivity contribution < 1.29 is 9.84 Å². The molecule has 2 atom stereocenters. The summed E-state index contributed by atoms with van der Waals surface area (Å²) >= 11 is 2.04. The van der Waals surface area contributed by atoms with Gasteiger partial charge in [0.15, 0.2) is 0 Å². The first-order valence-corrected chi connectivity index (χ1v) is 7.77. The molecule has 1 aliphatic rings. The molecule has 0 aliphatic heterocycles. The Labute approximate surface area is 110 Å². The van der Waals surface area contributed by atoms with Crippen LogP contribution in [0, 0.1) is 0 Å². The lowest BCUT2D eigenvalue weighted by atomic mass is 9.99. The fourth-order valence-electron chi connectivity index (χ4n) is 2.42. The van der Waals surface area contributed by atoms with Gasteiger partial charge in [0, 0.05) is 24.5 Å². The number of hydrogen-bond acceptors (Lipinski definition) is 4. The van der Waals surface area contributed by atoms with Crippen molar-refractivity contribution in [3.63, 3.8) is 0 Å². The second-order valence-corrected chi connectivity index (χ2v) is 6.36. The number of rotatable bonds is 9. The molecule has 0 heterocycles. The second kappa shape index (κ2) is 8.35. The van der Waals surface area contributed by atoms with Gasteiger partial charge in [-0.2, -0.15) is 11.8 Å². The predicted molar refractivity (Wildman–Crippen MR) is 74.7 cm³/mol. The molecular weight excluding hydrogens is 234 g/mol. The van der Waals surface area contributed by atoms with Crippen LogP contribution in [0.3, 0.4) is 0 Å². The summed E-state index contributed by atoms with van der Waals surface area (Å²) in [7, 11) is 1.76. The molecule has 0 spiro atoms. The summed E-state index contributed by atoms with van der Waals surface area (Å²) in [5, 5.41) is 13.8. The molecule has 3 nitrogen and oxygen atoms in total. The van der Waals surface area contributed by atoms with Crippen LogP contribution in [0.15, 0.2) is 0 Å². The van der Waals surface area contributed by atoms with E-state index in [-0.39, 0.29) is 12.1 Å². The Morgan fingerprint density at radius 2 is 2.35 bits per heavy atom. The summed E-state index contributed by atoms with van der Waals surface area (Å²) in [6.45, 7) is 4.33. The minimum Gasteiger partial charge on any atom is -0.394 e. The molecule has 0 aromatic carbocycles. The third kappa shape index (κ3) is 5.16. The van der Waals surface area contributed by atoms with Gasteiger partial charge in [0.25, 0.3) is 0 Å². The van der Waals surface area contributed by atoms with Gasteiger partial charge in [-0.3, -0.25) is 0 Å². The van der Waals surface area contributed by atoms with Crippen LogP contribution in [0.25, 0.3) is 0 Å². The predicted octanol–water partition coefficient (Wildman–Crippen LogP) is 2.04. The Hall–Kier alpha value is 0.230. The van der Waals surface area contributed by atoms with Gasteiger partial charge in [0.1, 0.15) is 0 Å². The van der Waals surface area contributed by atoms with Crippen LogP contribution in [0.2, 0.25) is 0 Å². The standard InChI is InChI=1S/C13H27NO2S/c1-3-7-14-13(11-15)6-5-12(10-13)17-9-4-8-16-2/h12,14-15H,3-11H2,1-2H3. The Morgan fingerprint density at radius 1 is 1.53 bits per heavy atom. The molecule has 0 radical (unpaired) electrons. The Kier molecular flexibility index (Phi) is 7.51. The molecule has 1 rings (SSSR count). The number of ether oxygens (including phenoxy) is 1. The summed E-state index contributed by atoms with van der Waals surface area (Å²) in [4.78, 5) is 0. The van der Waals surface area contributed by atoms with E-state index in [1.807, 2.05) is 11.8 Å². The highest BCUT2D eigenvalue weighted by Crippen LogP contribution is 2.37. The van der Waals surface area contributed by atoms with Crippen LogP contribution in [-0.4, -0.2) is 48.5 Å². The van der Waals surface area contributed by atoms with Crippen molar-refractivity contribution in [3.8, 4) is 0 Å². The highest BCUT2D eigenvalue weighted by molar-refractivity contribution is 7.99. The maximum Gasteiger partial charge on any atom is 0.0613 e. The van der Waals surface area contributed by atoms with E-state index in [0.29, 0.717) is 5.25 Å². The monoisotopic (exact) mass is 261 g/mol. The van der Waals surface area contributed by atoms with Crippen molar-refractivity contribution in [1.29, 1.82) is 0 Å². The smallest absolute Gasteiger partial charge is 0.0613 e. The lowest BCUT2D eigenvalue weighted by Gasteiger charge is -2.28. The molecule has 4 heteroatoms. The largest absolute Gasteiger partial charge is 0.394 e. The maximum atomic E-state index is 9.58. The molecule has 1 saturated carbocycles. The molecule has 0 saturated heterocycles. The zero-order valence-corrected chi connectivity index (χ0v) is 12.0. The van der Waals surface area contributed by atoms with Crippen LogP contribution in [0.1, 0.15) is 39.0 Å². The average molecular weight is 261 g/mol. The van der Waals surface area contributed by atoms with Crippen molar-refractivity contribution >= 4 is 11.8 Å². The summed E-state index contributed by atoms with van der Waals surface area (Å²) < 4.78 is 5.06. The highest BCUT2D eigenvalue weighted by atomic mass is 32.2. The molecule has 2 unspecified atom stereocenters. The number of aliphatic hydroxyl groups excluding tert-OH is 1. The minimum atomic E-state index is 0.00886. The molecule has 2 N–H and O–H groups in total. The highest BCUT2D eigenvalue weighted by Gasteiger charge is 2.37. The van der Waals surface area contributed by atoms with Gasteiger partial charge < -0.3 is 15.2 Å². The molecule has 0 bridgehead atoms. The van der Waals surface area contributed by atoms with Gasteiger partial charge in [0.2, 0.25) is 0 Å². The van der Waals surface area contributed by atoms with Crippen LogP contribution in [0.5, 0.6) is 0 Å². The van der Waals surface area contributed by atoms with E-state index in [4.69, 9.17) is 4.74 Å². The number of methoxy groups -OCH3 is 1. The third-order valence-corrected chi connectivity index (χ3v) is 4.86. The Balaban J connectivity index is 2.23. The van der Waals surface area contributed by atoms with Crippen LogP contribution in [0.4, 0.5) is 0 Å². The first-order valence-electron chi connectivity index (χ1n) is 6.73. The second-order valence-electron chi connectivity index (χ2n) is 4.95. The van der Waals surface area contributed by atoms with Crippen LogP contribution in [-0.2, 0) is 4.74 Å². The fraction of sp³-hybridized carbons (Fsp3) is 1.00. The van der Waals surface area contributed by atoms with E-state index in [1.165, 1.54) is 12.2 Å². The molecule has 0 aromatic rings. The van der Waals surface area contributed by atoms with Crippen molar-refractivity contribution in [1.82, 2.24) is 5.32 Å². The van der Waals surface area contributed by atoms with Crippen LogP contribution >= 0.6 is 11.8 Å². The van der Waals surface area contributed by atoms with E-state index in [0.717, 1.165) is 38.8 Å². The third-order valence-electron chi connectivity index (χ3n) is 3.46. The van der Waals surface area contributed by atoms with Crippen molar-refractivity contribution in [2.24, 2.45) is 0 Å². The quantitative estimate of drug-likeness (QED) is 0.623. The average Bonchev–Trinajstić information content (AvgIpc) is 2.77. The molecule has 102 valence electrons. The van der Waals surface area contributed by atoms with Gasteiger partial charge in [0.05, 0.1) is 6.61 Å². The van der Waals surface area contributed by atoms with Crippen molar-refractivity contribution in [2.75, 3.05) is 32.6 Å². The van der Waals surface area contributed by atoms with E-state index in [2.05, 4.69) is 12.2 Å².